The van der Waals surface area contributed by atoms with Crippen LogP contribution in [0.5, 0.6) is 0 Å². The van der Waals surface area contributed by atoms with Crippen molar-refractivity contribution in [3.05, 3.63) is 58.3 Å². The Morgan fingerprint density at radius 2 is 1.62 bits per heavy atom. The highest BCUT2D eigenvalue weighted by Crippen LogP contribution is 2.40. The molecule has 32 heavy (non-hydrogen) atoms. The first-order valence-corrected chi connectivity index (χ1v) is 12.1. The van der Waals surface area contributed by atoms with E-state index >= 15 is 0 Å². The van der Waals surface area contributed by atoms with Crippen LogP contribution in [-0.4, -0.2) is 53.6 Å². The van der Waals surface area contributed by atoms with E-state index in [1.165, 1.54) is 11.3 Å². The van der Waals surface area contributed by atoms with Crippen molar-refractivity contribution in [2.75, 3.05) is 26.2 Å². The topological polar surface area (TPSA) is 57.7 Å². The zero-order chi connectivity index (χ0) is 22.4. The van der Waals surface area contributed by atoms with E-state index in [4.69, 9.17) is 0 Å². The molecule has 2 aliphatic rings. The third-order valence-corrected chi connectivity index (χ3v) is 7.49. The minimum Gasteiger partial charge on any atom is -0.342 e. The van der Waals surface area contributed by atoms with E-state index in [0.717, 1.165) is 42.8 Å². The van der Waals surface area contributed by atoms with E-state index in [9.17, 15) is 14.4 Å². The number of ketones is 1. The van der Waals surface area contributed by atoms with Crippen molar-refractivity contribution < 1.29 is 14.4 Å². The van der Waals surface area contributed by atoms with E-state index in [1.807, 2.05) is 57.6 Å². The van der Waals surface area contributed by atoms with Crippen LogP contribution in [0.1, 0.15) is 53.8 Å². The van der Waals surface area contributed by atoms with Crippen molar-refractivity contribution in [2.45, 2.75) is 38.5 Å². The standard InChI is InChI=1S/C26H28N2O3S/c29-22(23-9-5-19-32-23)8-4-10-24(30)28-18-15-26(20-28)13-16-27(17-14-26)25(31)12-11-21-6-2-1-3-7-21/h1-3,5-7,9,19H,4,8,10,13-18,20H2. The molecule has 2 aliphatic heterocycles. The number of benzene rings is 1. The van der Waals surface area contributed by atoms with Gasteiger partial charge in [0.2, 0.25) is 5.91 Å². The predicted octanol–water partition coefficient (Wildman–Crippen LogP) is 3.99. The maximum Gasteiger partial charge on any atom is 0.298 e. The summed E-state index contributed by atoms with van der Waals surface area (Å²) in [5, 5.41) is 1.90. The summed E-state index contributed by atoms with van der Waals surface area (Å²) in [5.74, 6) is 5.86. The number of amides is 2. The number of carbonyl (C=O) groups excluding carboxylic acids is 3. The van der Waals surface area contributed by atoms with Gasteiger partial charge in [0.1, 0.15) is 0 Å². The average Bonchev–Trinajstić information content (AvgIpc) is 3.50. The lowest BCUT2D eigenvalue weighted by Crippen LogP contribution is -2.44. The number of Topliss-reactive ketones (excluding diaryl/α,β-unsaturated/α-hetero) is 1. The summed E-state index contributed by atoms with van der Waals surface area (Å²) in [5.41, 5.74) is 0.961. The van der Waals surface area contributed by atoms with Crippen molar-refractivity contribution >= 4 is 28.9 Å². The van der Waals surface area contributed by atoms with E-state index in [1.54, 1.807) is 0 Å². The summed E-state index contributed by atoms with van der Waals surface area (Å²) >= 11 is 1.45. The van der Waals surface area contributed by atoms with Gasteiger partial charge in [0.25, 0.3) is 5.91 Å². The van der Waals surface area contributed by atoms with Gasteiger partial charge in [-0.25, -0.2) is 0 Å². The Bertz CT molecular complexity index is 1010. The van der Waals surface area contributed by atoms with Gasteiger partial charge in [0, 0.05) is 50.5 Å². The Morgan fingerprint density at radius 3 is 2.31 bits per heavy atom. The summed E-state index contributed by atoms with van der Waals surface area (Å²) in [6.45, 7) is 2.93. The molecule has 166 valence electrons. The van der Waals surface area contributed by atoms with Crippen molar-refractivity contribution in [1.29, 1.82) is 0 Å². The molecule has 3 heterocycles. The lowest BCUT2D eigenvalue weighted by atomic mass is 9.78. The molecule has 0 radical (unpaired) electrons. The van der Waals surface area contributed by atoms with Gasteiger partial charge in [-0.05, 0) is 54.7 Å². The molecule has 6 heteroatoms. The van der Waals surface area contributed by atoms with Crippen LogP contribution in [-0.2, 0) is 9.59 Å². The van der Waals surface area contributed by atoms with Crippen LogP contribution in [0, 0.1) is 17.3 Å². The van der Waals surface area contributed by atoms with Gasteiger partial charge in [0.15, 0.2) is 5.78 Å². The number of likely N-dealkylation sites (tertiary alicyclic amines) is 2. The lowest BCUT2D eigenvalue weighted by molar-refractivity contribution is -0.131. The molecule has 0 atom stereocenters. The highest BCUT2D eigenvalue weighted by Gasteiger charge is 2.42. The van der Waals surface area contributed by atoms with Crippen LogP contribution >= 0.6 is 11.3 Å². The molecule has 0 saturated carbocycles. The molecule has 5 nitrogen and oxygen atoms in total. The van der Waals surface area contributed by atoms with Crippen LogP contribution < -0.4 is 0 Å². The van der Waals surface area contributed by atoms with Gasteiger partial charge in [0.05, 0.1) is 4.88 Å². The maximum absolute atomic E-state index is 12.7. The summed E-state index contributed by atoms with van der Waals surface area (Å²) in [6.07, 6.45) is 4.25. The van der Waals surface area contributed by atoms with Crippen molar-refractivity contribution in [2.24, 2.45) is 5.41 Å². The molecule has 2 amide bonds. The number of nitrogens with zero attached hydrogens (tertiary/aromatic N) is 2. The first-order valence-electron chi connectivity index (χ1n) is 11.3. The van der Waals surface area contributed by atoms with E-state index in [0.29, 0.717) is 32.4 Å². The molecule has 1 spiro atoms. The zero-order valence-electron chi connectivity index (χ0n) is 18.2. The van der Waals surface area contributed by atoms with Crippen LogP contribution in [0.3, 0.4) is 0 Å². The Hall–Kier alpha value is -2.91. The Balaban J connectivity index is 1.21. The Kier molecular flexibility index (Phi) is 7.06. The fourth-order valence-corrected chi connectivity index (χ4v) is 5.28. The van der Waals surface area contributed by atoms with Gasteiger partial charge in [-0.3, -0.25) is 14.4 Å². The quantitative estimate of drug-likeness (QED) is 0.513. The minimum atomic E-state index is -0.120. The molecule has 2 fully saturated rings. The molecule has 1 aromatic carbocycles. The molecule has 4 rings (SSSR count). The fraction of sp³-hybridized carbons (Fsp3) is 0.423. The van der Waals surface area contributed by atoms with Gasteiger partial charge in [-0.15, -0.1) is 11.3 Å². The number of thiophene rings is 1. The number of hydrogen-bond donors (Lipinski definition) is 0. The van der Waals surface area contributed by atoms with Gasteiger partial charge >= 0.3 is 0 Å². The minimum absolute atomic E-state index is 0.117. The van der Waals surface area contributed by atoms with Crippen LogP contribution in [0.25, 0.3) is 0 Å². The second-order valence-electron chi connectivity index (χ2n) is 8.73. The summed E-state index contributed by atoms with van der Waals surface area (Å²) in [7, 11) is 0. The summed E-state index contributed by atoms with van der Waals surface area (Å²) in [4.78, 5) is 41.8. The van der Waals surface area contributed by atoms with Gasteiger partial charge in [-0.2, -0.15) is 0 Å². The van der Waals surface area contributed by atoms with E-state index < -0.39 is 0 Å². The van der Waals surface area contributed by atoms with Crippen molar-refractivity contribution in [3.63, 3.8) is 0 Å². The number of piperidine rings is 1. The monoisotopic (exact) mass is 448 g/mol. The molecular weight excluding hydrogens is 420 g/mol. The summed E-state index contributed by atoms with van der Waals surface area (Å²) < 4.78 is 0. The normalized spacial score (nSPS) is 17.1. The highest BCUT2D eigenvalue weighted by molar-refractivity contribution is 7.12. The van der Waals surface area contributed by atoms with E-state index in [-0.39, 0.29) is 23.0 Å². The lowest BCUT2D eigenvalue weighted by Gasteiger charge is -2.38. The van der Waals surface area contributed by atoms with Crippen LogP contribution in [0.15, 0.2) is 47.8 Å². The first-order chi connectivity index (χ1) is 15.5. The molecule has 2 saturated heterocycles. The maximum atomic E-state index is 12.7. The van der Waals surface area contributed by atoms with E-state index in [2.05, 4.69) is 11.8 Å². The average molecular weight is 449 g/mol. The summed E-state index contributed by atoms with van der Waals surface area (Å²) in [6, 6.07) is 13.3. The smallest absolute Gasteiger partial charge is 0.298 e. The SMILES string of the molecule is O=C(CCCC(=O)N1CCC2(CCN(C(=O)C#Cc3ccccc3)CC2)C1)c1cccs1. The second-order valence-corrected chi connectivity index (χ2v) is 9.68. The highest BCUT2D eigenvalue weighted by atomic mass is 32.1. The van der Waals surface area contributed by atoms with Crippen molar-refractivity contribution in [1.82, 2.24) is 9.80 Å². The molecule has 1 aromatic heterocycles. The molecule has 0 aliphatic carbocycles. The third kappa shape index (κ3) is 5.46. The van der Waals surface area contributed by atoms with Crippen LogP contribution in [0.4, 0.5) is 0 Å². The first kappa shape index (κ1) is 22.3. The Morgan fingerprint density at radius 1 is 0.906 bits per heavy atom. The van der Waals surface area contributed by atoms with Gasteiger partial charge in [-0.1, -0.05) is 30.2 Å². The molecule has 2 aromatic rings. The molecule has 0 N–H and O–H groups in total. The second kappa shape index (κ2) is 10.1. The Labute approximate surface area is 193 Å². The van der Waals surface area contributed by atoms with Gasteiger partial charge < -0.3 is 9.80 Å². The molecule has 0 unspecified atom stereocenters. The van der Waals surface area contributed by atoms with Crippen LogP contribution in [0.2, 0.25) is 0 Å². The number of carbonyl (C=O) groups is 3. The number of rotatable bonds is 5. The molecule has 0 bridgehead atoms. The molecular formula is C26H28N2O3S. The number of hydrogen-bond acceptors (Lipinski definition) is 4. The largest absolute Gasteiger partial charge is 0.342 e. The third-order valence-electron chi connectivity index (χ3n) is 6.58. The zero-order valence-corrected chi connectivity index (χ0v) is 19.0. The fourth-order valence-electron chi connectivity index (χ4n) is 4.59. The van der Waals surface area contributed by atoms with Crippen molar-refractivity contribution in [3.8, 4) is 11.8 Å². The predicted molar refractivity (Wildman–Crippen MR) is 125 cm³/mol.